The summed E-state index contributed by atoms with van der Waals surface area (Å²) in [7, 11) is 0. The molecule has 2 aromatic carbocycles. The topological polar surface area (TPSA) is 64.6 Å². The van der Waals surface area contributed by atoms with Gasteiger partial charge in [0, 0.05) is 19.6 Å². The maximum absolute atomic E-state index is 12.7. The van der Waals surface area contributed by atoms with Crippen LogP contribution >= 0.6 is 0 Å². The van der Waals surface area contributed by atoms with Crippen LogP contribution in [0.4, 0.5) is 11.4 Å². The number of rotatable bonds is 4. The molecule has 5 heteroatoms. The minimum Gasteiger partial charge on any atom is -0.388 e. The highest BCUT2D eigenvalue weighted by molar-refractivity contribution is 6.06. The second kappa shape index (κ2) is 7.09. The summed E-state index contributed by atoms with van der Waals surface area (Å²) in [5.41, 5.74) is 2.31. The van der Waals surface area contributed by atoms with Crippen LogP contribution in [-0.4, -0.2) is 41.1 Å². The number of carbonyl (C=O) groups is 1. The van der Waals surface area contributed by atoms with Crippen molar-refractivity contribution in [3.05, 3.63) is 60.2 Å². The van der Waals surface area contributed by atoms with Crippen LogP contribution < -0.4 is 10.6 Å². The summed E-state index contributed by atoms with van der Waals surface area (Å²) in [6.45, 7) is 2.54. The number of aliphatic hydroxyl groups is 1. The molecule has 1 atom stereocenters. The predicted octanol–water partition coefficient (Wildman–Crippen LogP) is 3.01. The van der Waals surface area contributed by atoms with Gasteiger partial charge in [-0.05, 0) is 37.0 Å². The maximum Gasteiger partial charge on any atom is 0.250 e. The van der Waals surface area contributed by atoms with Crippen molar-refractivity contribution in [2.75, 3.05) is 30.3 Å². The highest BCUT2D eigenvalue weighted by atomic mass is 16.3. The van der Waals surface area contributed by atoms with Crippen LogP contribution in [0.3, 0.4) is 0 Å². The number of carbonyl (C=O) groups excluding carboxylic acids is 1. The monoisotopic (exact) mass is 351 g/mol. The fraction of sp³-hybridized carbons (Fsp3) is 0.381. The lowest BCUT2D eigenvalue weighted by Crippen LogP contribution is -2.58. The lowest BCUT2D eigenvalue weighted by molar-refractivity contribution is -0.122. The number of nitrogens with zero attached hydrogens (tertiary/aromatic N) is 1. The van der Waals surface area contributed by atoms with Crippen LogP contribution in [0, 0.1) is 0 Å². The third-order valence-electron chi connectivity index (χ3n) is 5.60. The van der Waals surface area contributed by atoms with Crippen molar-refractivity contribution in [2.45, 2.75) is 30.9 Å². The number of benzene rings is 2. The van der Waals surface area contributed by atoms with Gasteiger partial charge in [0.15, 0.2) is 0 Å². The summed E-state index contributed by atoms with van der Waals surface area (Å²) in [5, 5.41) is 16.9. The van der Waals surface area contributed by atoms with Gasteiger partial charge in [-0.2, -0.15) is 0 Å². The first-order valence-electron chi connectivity index (χ1n) is 9.30. The molecule has 2 heterocycles. The van der Waals surface area contributed by atoms with Gasteiger partial charge >= 0.3 is 0 Å². The molecule has 0 bridgehead atoms. The van der Waals surface area contributed by atoms with Gasteiger partial charge in [-0.25, -0.2) is 0 Å². The van der Waals surface area contributed by atoms with Crippen molar-refractivity contribution in [1.29, 1.82) is 0 Å². The van der Waals surface area contributed by atoms with Crippen molar-refractivity contribution in [3.8, 4) is 0 Å². The van der Waals surface area contributed by atoms with Crippen LogP contribution in [0.1, 0.15) is 30.9 Å². The average molecular weight is 351 g/mol. The molecule has 0 saturated carbocycles. The van der Waals surface area contributed by atoms with Gasteiger partial charge in [0.25, 0.3) is 0 Å². The van der Waals surface area contributed by atoms with Crippen LogP contribution in [0.5, 0.6) is 0 Å². The summed E-state index contributed by atoms with van der Waals surface area (Å²) in [5.74, 6) is 0.0696. The van der Waals surface area contributed by atoms with Crippen molar-refractivity contribution >= 4 is 17.3 Å². The molecule has 1 amide bonds. The molecule has 1 saturated heterocycles. The highest BCUT2D eigenvalue weighted by Crippen LogP contribution is 2.36. The quantitative estimate of drug-likeness (QED) is 0.792. The minimum atomic E-state index is -0.511. The van der Waals surface area contributed by atoms with Gasteiger partial charge in [0.1, 0.15) is 5.54 Å². The summed E-state index contributed by atoms with van der Waals surface area (Å²) >= 11 is 0. The van der Waals surface area contributed by atoms with Crippen LogP contribution in [0.25, 0.3) is 0 Å². The Labute approximate surface area is 154 Å². The van der Waals surface area contributed by atoms with E-state index in [1.165, 1.54) is 0 Å². The fourth-order valence-corrected chi connectivity index (χ4v) is 3.91. The molecule has 0 radical (unpaired) electrons. The van der Waals surface area contributed by atoms with Crippen molar-refractivity contribution < 1.29 is 9.90 Å². The number of hydrogen-bond acceptors (Lipinski definition) is 4. The summed E-state index contributed by atoms with van der Waals surface area (Å²) in [4.78, 5) is 15.0. The molecule has 2 aliphatic heterocycles. The van der Waals surface area contributed by atoms with E-state index in [2.05, 4.69) is 15.5 Å². The smallest absolute Gasteiger partial charge is 0.250 e. The predicted molar refractivity (Wildman–Crippen MR) is 103 cm³/mol. The molecule has 3 N–H and O–H groups in total. The minimum absolute atomic E-state index is 0.0696. The van der Waals surface area contributed by atoms with E-state index in [4.69, 9.17) is 0 Å². The highest BCUT2D eigenvalue weighted by Gasteiger charge is 2.44. The Bertz CT molecular complexity index is 770. The molecule has 0 aromatic heterocycles. The summed E-state index contributed by atoms with van der Waals surface area (Å²) in [6, 6.07) is 17.6. The molecule has 26 heavy (non-hydrogen) atoms. The first-order chi connectivity index (χ1) is 12.7. The zero-order valence-electron chi connectivity index (χ0n) is 14.8. The molecule has 2 aliphatic rings. The lowest BCUT2D eigenvalue weighted by Gasteiger charge is -2.44. The molecule has 0 unspecified atom stereocenters. The van der Waals surface area contributed by atoms with Gasteiger partial charge in [-0.15, -0.1) is 0 Å². The van der Waals surface area contributed by atoms with Gasteiger partial charge in [-0.3, -0.25) is 4.79 Å². The summed E-state index contributed by atoms with van der Waals surface area (Å²) < 4.78 is 0. The van der Waals surface area contributed by atoms with Gasteiger partial charge in [0.05, 0.1) is 17.5 Å². The molecule has 5 nitrogen and oxygen atoms in total. The Morgan fingerprint density at radius 2 is 1.65 bits per heavy atom. The van der Waals surface area contributed by atoms with Crippen LogP contribution in [-0.2, 0) is 4.79 Å². The number of piperidine rings is 1. The van der Waals surface area contributed by atoms with Crippen LogP contribution in [0.2, 0.25) is 0 Å². The average Bonchev–Trinajstić information content (AvgIpc) is 2.69. The Hall–Kier alpha value is -2.37. The zero-order valence-corrected chi connectivity index (χ0v) is 14.8. The SMILES string of the molecule is O=C1Nc2ccccc2NC12CCN(CC[C@H](O)c1ccccc1)CC2. The maximum atomic E-state index is 12.7. The largest absolute Gasteiger partial charge is 0.388 e. The van der Waals surface area contributed by atoms with Gasteiger partial charge in [-0.1, -0.05) is 42.5 Å². The second-order valence-electron chi connectivity index (χ2n) is 7.26. The number of hydrogen-bond donors (Lipinski definition) is 3. The first kappa shape index (κ1) is 17.1. The van der Waals surface area contributed by atoms with E-state index in [0.717, 1.165) is 49.4 Å². The molecule has 1 spiro atoms. The third-order valence-corrected chi connectivity index (χ3v) is 5.60. The van der Waals surface area contributed by atoms with Crippen LogP contribution in [0.15, 0.2) is 54.6 Å². The third kappa shape index (κ3) is 3.32. The number of likely N-dealkylation sites (tertiary alicyclic amines) is 1. The standard InChI is InChI=1S/C21H25N3O2/c25-19(16-6-2-1-3-7-16)10-13-24-14-11-21(12-15-24)20(26)22-17-8-4-5-9-18(17)23-21/h1-9,19,23,25H,10-15H2,(H,22,26)/t19-/m0/s1. The molecular formula is C21H25N3O2. The first-order valence-corrected chi connectivity index (χ1v) is 9.30. The number of fused-ring (bicyclic) bond motifs is 1. The number of amides is 1. The number of aliphatic hydroxyl groups excluding tert-OH is 1. The van der Waals surface area contributed by atoms with E-state index in [0.29, 0.717) is 6.42 Å². The summed E-state index contributed by atoms with van der Waals surface area (Å²) in [6.07, 6.45) is 1.82. The number of nitrogens with one attached hydrogen (secondary N) is 2. The number of anilines is 2. The van der Waals surface area contributed by atoms with Crippen molar-refractivity contribution in [1.82, 2.24) is 4.90 Å². The molecular weight excluding hydrogens is 326 g/mol. The van der Waals surface area contributed by atoms with Crippen molar-refractivity contribution in [3.63, 3.8) is 0 Å². The molecule has 1 fully saturated rings. The molecule has 4 rings (SSSR count). The lowest BCUT2D eigenvalue weighted by atomic mass is 9.84. The Morgan fingerprint density at radius 3 is 2.38 bits per heavy atom. The number of para-hydroxylation sites is 2. The van der Waals surface area contributed by atoms with E-state index in [9.17, 15) is 9.90 Å². The van der Waals surface area contributed by atoms with Gasteiger partial charge in [0.2, 0.25) is 5.91 Å². The van der Waals surface area contributed by atoms with Gasteiger partial charge < -0.3 is 20.6 Å². The Balaban J connectivity index is 1.34. The van der Waals surface area contributed by atoms with Crippen molar-refractivity contribution in [2.24, 2.45) is 0 Å². The van der Waals surface area contributed by atoms with E-state index >= 15 is 0 Å². The normalized spacial score (nSPS) is 20.1. The van der Waals surface area contributed by atoms with E-state index in [1.54, 1.807) is 0 Å². The fourth-order valence-electron chi connectivity index (χ4n) is 3.91. The second-order valence-corrected chi connectivity index (χ2v) is 7.26. The van der Waals surface area contributed by atoms with E-state index in [-0.39, 0.29) is 5.91 Å². The van der Waals surface area contributed by atoms with E-state index in [1.807, 2.05) is 54.6 Å². The molecule has 136 valence electrons. The Morgan fingerprint density at radius 1 is 1.00 bits per heavy atom. The van der Waals surface area contributed by atoms with E-state index < -0.39 is 11.6 Å². The Kier molecular flexibility index (Phi) is 4.66. The molecule has 0 aliphatic carbocycles. The molecule has 2 aromatic rings. The zero-order chi connectivity index (χ0) is 18.0.